The Morgan fingerprint density at radius 3 is 2.39 bits per heavy atom. The van der Waals surface area contributed by atoms with E-state index in [1.54, 1.807) is 0 Å². The van der Waals surface area contributed by atoms with Crippen molar-refractivity contribution in [2.45, 2.75) is 47.5 Å². The number of rotatable bonds is 2. The van der Waals surface area contributed by atoms with Gasteiger partial charge in [-0.25, -0.2) is 4.79 Å². The first-order valence-electron chi connectivity index (χ1n) is 6.89. The number of hydrogen-bond acceptors (Lipinski definition) is 1. The smallest absolute Gasteiger partial charge is 0.332 e. The molecule has 1 N–H and O–H groups in total. The number of hydrogen-bond donors (Lipinski definition) is 1. The van der Waals surface area contributed by atoms with Crippen LogP contribution < -0.4 is 0 Å². The monoisotopic (exact) mass is 248 g/mol. The van der Waals surface area contributed by atoms with E-state index in [4.69, 9.17) is 0 Å². The Morgan fingerprint density at radius 1 is 1.33 bits per heavy atom. The highest BCUT2D eigenvalue weighted by molar-refractivity contribution is 5.89. The molecule has 0 aromatic rings. The maximum Gasteiger partial charge on any atom is 0.332 e. The first-order chi connectivity index (χ1) is 8.21. The van der Waals surface area contributed by atoms with E-state index in [9.17, 15) is 9.90 Å². The highest BCUT2D eigenvalue weighted by Crippen LogP contribution is 2.53. The Labute approximate surface area is 110 Å². The Morgan fingerprint density at radius 2 is 1.94 bits per heavy atom. The normalized spacial score (nSPS) is 29.8. The zero-order valence-electron chi connectivity index (χ0n) is 12.1. The molecule has 2 heteroatoms. The van der Waals surface area contributed by atoms with Gasteiger partial charge < -0.3 is 5.11 Å². The maximum atomic E-state index is 11.5. The van der Waals surface area contributed by atoms with Crippen LogP contribution in [0.15, 0.2) is 22.8 Å². The molecule has 2 aliphatic carbocycles. The van der Waals surface area contributed by atoms with Gasteiger partial charge in [0.1, 0.15) is 0 Å². The number of carbonyl (C=O) groups is 1. The van der Waals surface area contributed by atoms with Gasteiger partial charge in [0.15, 0.2) is 0 Å². The van der Waals surface area contributed by atoms with E-state index >= 15 is 0 Å². The Balaban J connectivity index is 2.34. The fourth-order valence-corrected chi connectivity index (χ4v) is 3.34. The van der Waals surface area contributed by atoms with Gasteiger partial charge in [-0.3, -0.25) is 0 Å². The van der Waals surface area contributed by atoms with Crippen molar-refractivity contribution in [2.24, 2.45) is 23.2 Å². The van der Waals surface area contributed by atoms with Gasteiger partial charge in [0.05, 0.1) is 0 Å². The van der Waals surface area contributed by atoms with Crippen molar-refractivity contribution in [2.75, 3.05) is 0 Å². The van der Waals surface area contributed by atoms with Crippen LogP contribution in [0.25, 0.3) is 0 Å². The van der Waals surface area contributed by atoms with Gasteiger partial charge in [-0.1, -0.05) is 51.8 Å². The molecule has 0 unspecified atom stereocenters. The second kappa shape index (κ2) is 4.25. The van der Waals surface area contributed by atoms with Crippen LogP contribution in [0, 0.1) is 23.2 Å². The third-order valence-electron chi connectivity index (χ3n) is 4.31. The molecule has 2 nitrogen and oxygen atoms in total. The number of carboxylic acid groups (broad SMARTS) is 1. The van der Waals surface area contributed by atoms with E-state index in [1.165, 1.54) is 17.6 Å². The molecule has 0 aliphatic heterocycles. The average molecular weight is 248 g/mol. The molecule has 2 aliphatic rings. The molecule has 2 atom stereocenters. The van der Waals surface area contributed by atoms with Crippen LogP contribution in [-0.4, -0.2) is 11.1 Å². The van der Waals surface area contributed by atoms with E-state index < -0.39 is 5.97 Å². The molecule has 0 aromatic heterocycles. The van der Waals surface area contributed by atoms with Crippen LogP contribution in [0.3, 0.4) is 0 Å². The summed E-state index contributed by atoms with van der Waals surface area (Å²) in [6.45, 7) is 10.4. The van der Waals surface area contributed by atoms with Crippen molar-refractivity contribution in [1.29, 1.82) is 0 Å². The van der Waals surface area contributed by atoms with E-state index in [2.05, 4.69) is 19.9 Å². The van der Waals surface area contributed by atoms with Gasteiger partial charge in [-0.2, -0.15) is 0 Å². The largest absolute Gasteiger partial charge is 0.478 e. The minimum atomic E-state index is -0.734. The number of carboxylic acids is 1. The molecule has 2 rings (SSSR count). The summed E-state index contributed by atoms with van der Waals surface area (Å²) < 4.78 is 0. The van der Waals surface area contributed by atoms with Crippen LogP contribution in [0.5, 0.6) is 0 Å². The van der Waals surface area contributed by atoms with Crippen molar-refractivity contribution in [3.05, 3.63) is 22.8 Å². The third-order valence-corrected chi connectivity index (χ3v) is 4.31. The predicted molar refractivity (Wildman–Crippen MR) is 73.3 cm³/mol. The fraction of sp³-hybridized carbons (Fsp3) is 0.688. The van der Waals surface area contributed by atoms with Crippen LogP contribution >= 0.6 is 0 Å². The number of aliphatic carboxylic acids is 1. The molecule has 0 bridgehead atoms. The van der Waals surface area contributed by atoms with Crippen molar-refractivity contribution in [1.82, 2.24) is 0 Å². The summed E-state index contributed by atoms with van der Waals surface area (Å²) in [6.07, 6.45) is 4.49. The van der Waals surface area contributed by atoms with E-state index in [-0.39, 0.29) is 5.41 Å². The van der Waals surface area contributed by atoms with Crippen molar-refractivity contribution >= 4 is 5.97 Å². The molecular formula is C16H24O2. The molecule has 0 saturated heterocycles. The molecule has 0 radical (unpaired) electrons. The van der Waals surface area contributed by atoms with Crippen molar-refractivity contribution < 1.29 is 9.90 Å². The molecule has 1 fully saturated rings. The minimum Gasteiger partial charge on any atom is -0.478 e. The second-order valence-electron chi connectivity index (χ2n) is 7.05. The first kappa shape index (κ1) is 13.4. The Hall–Kier alpha value is -1.05. The lowest BCUT2D eigenvalue weighted by molar-refractivity contribution is -0.133. The second-order valence-corrected chi connectivity index (χ2v) is 7.05. The van der Waals surface area contributed by atoms with Gasteiger partial charge in [0.2, 0.25) is 0 Å². The summed E-state index contributed by atoms with van der Waals surface area (Å²) in [5.74, 6) is 0.948. The van der Waals surface area contributed by atoms with E-state index in [0.717, 1.165) is 6.42 Å². The zero-order chi connectivity index (χ0) is 13.7. The maximum absolute atomic E-state index is 11.5. The molecule has 0 aromatic carbocycles. The summed E-state index contributed by atoms with van der Waals surface area (Å²) in [7, 11) is 0. The fourth-order valence-electron chi connectivity index (χ4n) is 3.34. The molecule has 1 saturated carbocycles. The summed E-state index contributed by atoms with van der Waals surface area (Å²) in [6, 6.07) is 0. The Bertz CT molecular complexity index is 433. The van der Waals surface area contributed by atoms with Gasteiger partial charge >= 0.3 is 5.97 Å². The van der Waals surface area contributed by atoms with Crippen molar-refractivity contribution in [3.63, 3.8) is 0 Å². The van der Waals surface area contributed by atoms with E-state index in [0.29, 0.717) is 23.3 Å². The van der Waals surface area contributed by atoms with Crippen molar-refractivity contribution in [3.8, 4) is 0 Å². The van der Waals surface area contributed by atoms with Gasteiger partial charge in [0.25, 0.3) is 0 Å². The lowest BCUT2D eigenvalue weighted by Crippen LogP contribution is -2.31. The molecule has 0 heterocycles. The molecule has 100 valence electrons. The van der Waals surface area contributed by atoms with Gasteiger partial charge in [-0.05, 0) is 30.1 Å². The third kappa shape index (κ3) is 2.13. The summed E-state index contributed by atoms with van der Waals surface area (Å²) in [5.41, 5.74) is 3.07. The number of allylic oxidation sites excluding steroid dienone is 3. The lowest BCUT2D eigenvalue weighted by Gasteiger charge is -2.38. The first-order valence-corrected chi connectivity index (χ1v) is 6.89. The van der Waals surface area contributed by atoms with Crippen LogP contribution in [0.2, 0.25) is 0 Å². The topological polar surface area (TPSA) is 37.3 Å². The average Bonchev–Trinajstić information content (AvgIpc) is 2.49. The van der Waals surface area contributed by atoms with Gasteiger partial charge in [0, 0.05) is 11.5 Å². The standard InChI is InChI=1S/C16H24O2/c1-9(2)10-6-11-8-13(12(11)7-10)14(15(17)18)16(3,4)5/h7,9,11-12H,6,8H2,1-5H3,(H,17,18)/t11-,12+/m1/s1. The number of fused-ring (bicyclic) bond motifs is 1. The van der Waals surface area contributed by atoms with Crippen LogP contribution in [0.4, 0.5) is 0 Å². The zero-order valence-corrected chi connectivity index (χ0v) is 12.1. The highest BCUT2D eigenvalue weighted by atomic mass is 16.4. The summed E-state index contributed by atoms with van der Waals surface area (Å²) >= 11 is 0. The Kier molecular flexibility index (Phi) is 3.16. The summed E-state index contributed by atoms with van der Waals surface area (Å²) in [4.78, 5) is 11.5. The van der Waals surface area contributed by atoms with Crippen LogP contribution in [0.1, 0.15) is 47.5 Å². The quantitative estimate of drug-likeness (QED) is 0.591. The van der Waals surface area contributed by atoms with Gasteiger partial charge in [-0.15, -0.1) is 0 Å². The minimum absolute atomic E-state index is 0.263. The lowest BCUT2D eigenvalue weighted by atomic mass is 9.65. The molecular weight excluding hydrogens is 224 g/mol. The highest BCUT2D eigenvalue weighted by Gasteiger charge is 2.44. The molecule has 0 spiro atoms. The molecule has 18 heavy (non-hydrogen) atoms. The van der Waals surface area contributed by atoms with Crippen LogP contribution in [-0.2, 0) is 4.79 Å². The predicted octanol–water partition coefficient (Wildman–Crippen LogP) is 4.04. The molecule has 0 amide bonds. The summed E-state index contributed by atoms with van der Waals surface area (Å²) in [5, 5.41) is 9.46. The van der Waals surface area contributed by atoms with E-state index in [1.807, 2.05) is 20.8 Å². The SMILES string of the molecule is CC(C)C1=C[C@@H]2C(=C(C(=O)O)C(C)(C)C)C[C@H]2C1.